The van der Waals surface area contributed by atoms with Crippen molar-refractivity contribution in [1.82, 2.24) is 4.90 Å². The van der Waals surface area contributed by atoms with Crippen LogP contribution in [0.3, 0.4) is 0 Å². The zero-order valence-electron chi connectivity index (χ0n) is 23.4. The average Bonchev–Trinajstić information content (AvgIpc) is 3.78. The lowest BCUT2D eigenvalue weighted by Gasteiger charge is -2.43. The van der Waals surface area contributed by atoms with Crippen molar-refractivity contribution in [2.75, 3.05) is 20.8 Å². The number of hydrogen-bond acceptors (Lipinski definition) is 5. The third-order valence-corrected chi connectivity index (χ3v) is 12.6. The van der Waals surface area contributed by atoms with Crippen LogP contribution in [0.4, 0.5) is 0 Å². The second-order valence-electron chi connectivity index (χ2n) is 11.1. The molecule has 5 nitrogen and oxygen atoms in total. The Morgan fingerprint density at radius 3 is 2.00 bits per heavy atom. The van der Waals surface area contributed by atoms with Crippen LogP contribution in [0, 0.1) is 0 Å². The predicted octanol–water partition coefficient (Wildman–Crippen LogP) is 5.20. The molecule has 3 aromatic carbocycles. The van der Waals surface area contributed by atoms with E-state index in [0.717, 1.165) is 36.2 Å². The molecule has 0 bridgehead atoms. The Kier molecular flexibility index (Phi) is 9.08. The van der Waals surface area contributed by atoms with Gasteiger partial charge in [-0.15, -0.1) is 0 Å². The van der Waals surface area contributed by atoms with Crippen LogP contribution < -0.4 is 19.8 Å². The van der Waals surface area contributed by atoms with Gasteiger partial charge in [-0.05, 0) is 40.7 Å². The van der Waals surface area contributed by atoms with Crippen LogP contribution in [0.5, 0.6) is 11.5 Å². The van der Waals surface area contributed by atoms with Gasteiger partial charge in [-0.25, -0.2) is 0 Å². The van der Waals surface area contributed by atoms with E-state index in [1.807, 2.05) is 18.2 Å². The van der Waals surface area contributed by atoms with Crippen LogP contribution >= 0.6 is 0 Å². The van der Waals surface area contributed by atoms with Gasteiger partial charge >= 0.3 is 0 Å². The monoisotopic (exact) mass is 531 g/mol. The highest BCUT2D eigenvalue weighted by molar-refractivity contribution is 6.99. The summed E-state index contributed by atoms with van der Waals surface area (Å²) in [6, 6.07) is 27.4. The topological polar surface area (TPSA) is 48.0 Å². The Balaban J connectivity index is 1.58. The molecule has 6 heteroatoms. The molecular formula is C32H41NO4Si. The van der Waals surface area contributed by atoms with E-state index in [0.29, 0.717) is 25.6 Å². The van der Waals surface area contributed by atoms with Gasteiger partial charge in [0, 0.05) is 30.8 Å². The molecule has 38 heavy (non-hydrogen) atoms. The van der Waals surface area contributed by atoms with Gasteiger partial charge in [-0.2, -0.15) is 0 Å². The molecule has 0 saturated heterocycles. The van der Waals surface area contributed by atoms with Crippen molar-refractivity contribution >= 4 is 25.0 Å². The molecule has 1 aliphatic carbocycles. The van der Waals surface area contributed by atoms with Gasteiger partial charge in [0.2, 0.25) is 0 Å². The summed E-state index contributed by atoms with van der Waals surface area (Å²) in [5.74, 6) is 1.54. The van der Waals surface area contributed by atoms with Gasteiger partial charge in [0.1, 0.15) is 17.8 Å². The average molecular weight is 532 g/mol. The smallest absolute Gasteiger partial charge is 0.261 e. The molecule has 0 radical (unpaired) electrons. The quantitative estimate of drug-likeness (QED) is 0.224. The number of aldehydes is 1. The Morgan fingerprint density at radius 1 is 0.921 bits per heavy atom. The van der Waals surface area contributed by atoms with E-state index in [-0.39, 0.29) is 11.1 Å². The number of nitrogens with zero attached hydrogens (tertiary/aromatic N) is 1. The van der Waals surface area contributed by atoms with Gasteiger partial charge < -0.3 is 18.7 Å². The normalized spacial score (nSPS) is 14.8. The minimum atomic E-state index is -2.64. The molecule has 0 heterocycles. The molecule has 0 N–H and O–H groups in total. The number of hydrogen-bond donors (Lipinski definition) is 0. The second kappa shape index (κ2) is 12.3. The standard InChI is InChI=1S/C32H41NO4Si/c1-32(2,3)38(29-12-8-6-9-13-29,30-14-10-7-11-15-30)37-21-20-27(24-34)33(26-17-18-26)23-25-16-19-28(35-4)22-31(25)36-5/h6-16,19,22,24,26-27H,17-18,20-21,23H2,1-5H3. The molecule has 0 spiro atoms. The fraction of sp³-hybridized carbons (Fsp3) is 0.406. The highest BCUT2D eigenvalue weighted by atomic mass is 28.4. The van der Waals surface area contributed by atoms with Gasteiger partial charge in [0.05, 0.1) is 20.3 Å². The molecule has 1 aliphatic rings. The van der Waals surface area contributed by atoms with Crippen LogP contribution in [-0.4, -0.2) is 52.4 Å². The zero-order chi connectivity index (χ0) is 27.2. The zero-order valence-corrected chi connectivity index (χ0v) is 24.4. The first-order valence-electron chi connectivity index (χ1n) is 13.5. The van der Waals surface area contributed by atoms with E-state index < -0.39 is 8.32 Å². The molecule has 1 saturated carbocycles. The van der Waals surface area contributed by atoms with Gasteiger partial charge in [0.25, 0.3) is 8.32 Å². The van der Waals surface area contributed by atoms with Crippen LogP contribution in [-0.2, 0) is 15.8 Å². The predicted molar refractivity (Wildman–Crippen MR) is 156 cm³/mol. The van der Waals surface area contributed by atoms with Crippen molar-refractivity contribution in [1.29, 1.82) is 0 Å². The molecule has 0 amide bonds. The first-order chi connectivity index (χ1) is 18.3. The summed E-state index contributed by atoms with van der Waals surface area (Å²) in [6.07, 6.45) is 3.96. The summed E-state index contributed by atoms with van der Waals surface area (Å²) >= 11 is 0. The minimum absolute atomic E-state index is 0.0982. The lowest BCUT2D eigenvalue weighted by molar-refractivity contribution is -0.113. The van der Waals surface area contributed by atoms with Crippen molar-refractivity contribution in [3.63, 3.8) is 0 Å². The van der Waals surface area contributed by atoms with E-state index in [2.05, 4.69) is 86.3 Å². The van der Waals surface area contributed by atoms with E-state index in [1.54, 1.807) is 14.2 Å². The number of carbonyl (C=O) groups excluding carboxylic acids is 1. The van der Waals surface area contributed by atoms with Crippen LogP contribution in [0.15, 0.2) is 78.9 Å². The Bertz CT molecular complexity index is 1140. The van der Waals surface area contributed by atoms with Crippen LogP contribution in [0.1, 0.15) is 45.6 Å². The first-order valence-corrected chi connectivity index (χ1v) is 15.4. The first kappa shape index (κ1) is 28.1. The summed E-state index contributed by atoms with van der Waals surface area (Å²) in [4.78, 5) is 14.8. The number of methoxy groups -OCH3 is 2. The molecule has 1 fully saturated rings. The van der Waals surface area contributed by atoms with Gasteiger partial charge in [-0.1, -0.05) is 87.5 Å². The summed E-state index contributed by atoms with van der Waals surface area (Å²) in [5, 5.41) is 2.41. The molecule has 4 rings (SSSR count). The van der Waals surface area contributed by atoms with Crippen LogP contribution in [0.25, 0.3) is 0 Å². The van der Waals surface area contributed by atoms with Crippen molar-refractivity contribution in [2.24, 2.45) is 0 Å². The Morgan fingerprint density at radius 2 is 1.53 bits per heavy atom. The van der Waals surface area contributed by atoms with E-state index in [9.17, 15) is 4.79 Å². The molecule has 1 atom stereocenters. The molecular weight excluding hydrogens is 490 g/mol. The maximum absolute atomic E-state index is 12.5. The fourth-order valence-corrected chi connectivity index (χ4v) is 10.1. The number of carbonyl (C=O) groups is 1. The van der Waals surface area contributed by atoms with Gasteiger partial charge in [0.15, 0.2) is 0 Å². The summed E-state index contributed by atoms with van der Waals surface area (Å²) in [7, 11) is 0.684. The van der Waals surface area contributed by atoms with Crippen molar-refractivity contribution < 1.29 is 18.7 Å². The Labute approximate surface area is 228 Å². The minimum Gasteiger partial charge on any atom is -0.497 e. The summed E-state index contributed by atoms with van der Waals surface area (Å²) in [5.41, 5.74) is 1.06. The maximum Gasteiger partial charge on any atom is 0.261 e. The third kappa shape index (κ3) is 6.03. The van der Waals surface area contributed by atoms with Crippen molar-refractivity contribution in [3.05, 3.63) is 84.4 Å². The Hall–Kier alpha value is -2.93. The molecule has 0 aliphatic heterocycles. The molecule has 202 valence electrons. The molecule has 0 aromatic heterocycles. The second-order valence-corrected chi connectivity index (χ2v) is 15.4. The fourth-order valence-electron chi connectivity index (χ4n) is 5.51. The van der Waals surface area contributed by atoms with E-state index >= 15 is 0 Å². The molecule has 1 unspecified atom stereocenters. The van der Waals surface area contributed by atoms with Crippen LogP contribution in [0.2, 0.25) is 5.04 Å². The third-order valence-electron chi connectivity index (χ3n) is 7.60. The largest absolute Gasteiger partial charge is 0.497 e. The van der Waals surface area contributed by atoms with Gasteiger partial charge in [-0.3, -0.25) is 4.90 Å². The SMILES string of the molecule is COc1ccc(CN(C(C=O)CCO[Si](c2ccccc2)(c2ccccc2)C(C)(C)C)C2CC2)c(OC)c1. The number of benzene rings is 3. The number of ether oxygens (including phenoxy) is 2. The van der Waals surface area contributed by atoms with E-state index in [1.165, 1.54) is 10.4 Å². The van der Waals surface area contributed by atoms with E-state index in [4.69, 9.17) is 13.9 Å². The van der Waals surface area contributed by atoms with Crippen molar-refractivity contribution in [3.8, 4) is 11.5 Å². The number of rotatable bonds is 13. The molecule has 3 aromatic rings. The van der Waals surface area contributed by atoms with Crippen molar-refractivity contribution in [2.45, 2.75) is 63.7 Å². The highest BCUT2D eigenvalue weighted by Crippen LogP contribution is 2.38. The summed E-state index contributed by atoms with van der Waals surface area (Å²) < 4.78 is 18.1. The lowest BCUT2D eigenvalue weighted by atomic mass is 10.1. The highest BCUT2D eigenvalue weighted by Gasteiger charge is 2.50. The lowest BCUT2D eigenvalue weighted by Crippen LogP contribution is -2.66. The maximum atomic E-state index is 12.5. The summed E-state index contributed by atoms with van der Waals surface area (Å²) in [6.45, 7) is 8.01.